The molecule has 1 aromatic rings. The van der Waals surface area contributed by atoms with Crippen molar-refractivity contribution in [3.8, 4) is 0 Å². The molecule has 0 saturated carbocycles. The maximum absolute atomic E-state index is 11.1. The van der Waals surface area contributed by atoms with Crippen LogP contribution in [0.15, 0.2) is 18.5 Å². The molecule has 0 fully saturated rings. The Balaban J connectivity index is 2.29. The molecule has 1 aromatic heterocycles. The smallest absolute Gasteiger partial charge is 0.320 e. The number of aromatic nitrogens is 1. The van der Waals surface area contributed by atoms with Crippen LogP contribution < -0.4 is 0 Å². The van der Waals surface area contributed by atoms with Crippen LogP contribution >= 0.6 is 0 Å². The normalized spacial score (nSPS) is 10.5. The van der Waals surface area contributed by atoms with Gasteiger partial charge in [-0.1, -0.05) is 0 Å². The summed E-state index contributed by atoms with van der Waals surface area (Å²) in [5, 5.41) is 0. The highest BCUT2D eigenvalue weighted by Crippen LogP contribution is 2.00. The predicted molar refractivity (Wildman–Crippen MR) is 53.8 cm³/mol. The Bertz CT molecular complexity index is 270. The molecule has 0 aromatic carbocycles. The third kappa shape index (κ3) is 3.62. The highest BCUT2D eigenvalue weighted by Gasteiger charge is 2.07. The van der Waals surface area contributed by atoms with Crippen LogP contribution in [0, 0.1) is 0 Å². The summed E-state index contributed by atoms with van der Waals surface area (Å²) in [6, 6.07) is 1.99. The van der Waals surface area contributed by atoms with Crippen molar-refractivity contribution in [2.45, 2.75) is 13.5 Å². The molecule has 1 rings (SSSR count). The monoisotopic (exact) mass is 196 g/mol. The first-order chi connectivity index (χ1) is 6.72. The number of ether oxygens (including phenoxy) is 1. The van der Waals surface area contributed by atoms with Crippen molar-refractivity contribution in [1.82, 2.24) is 9.88 Å². The zero-order chi connectivity index (χ0) is 10.4. The number of nitrogens with zero attached hydrogens (tertiary/aromatic N) is 1. The lowest BCUT2D eigenvalue weighted by molar-refractivity contribution is -0.144. The van der Waals surface area contributed by atoms with E-state index in [-0.39, 0.29) is 5.97 Å². The van der Waals surface area contributed by atoms with Crippen LogP contribution in [0.25, 0.3) is 0 Å². The Morgan fingerprint density at radius 1 is 1.64 bits per heavy atom. The summed E-state index contributed by atoms with van der Waals surface area (Å²) in [6.07, 6.45) is 3.79. The van der Waals surface area contributed by atoms with Crippen LogP contribution in [0.4, 0.5) is 0 Å². The second-order valence-electron chi connectivity index (χ2n) is 3.20. The van der Waals surface area contributed by atoms with Gasteiger partial charge in [0, 0.05) is 18.9 Å². The topological polar surface area (TPSA) is 45.3 Å². The van der Waals surface area contributed by atoms with Crippen LogP contribution in [-0.4, -0.2) is 36.1 Å². The summed E-state index contributed by atoms with van der Waals surface area (Å²) >= 11 is 0. The largest absolute Gasteiger partial charge is 0.465 e. The molecular formula is C10H16N2O2. The van der Waals surface area contributed by atoms with Crippen molar-refractivity contribution < 1.29 is 9.53 Å². The summed E-state index contributed by atoms with van der Waals surface area (Å²) in [4.78, 5) is 16.0. The summed E-state index contributed by atoms with van der Waals surface area (Å²) < 4.78 is 4.84. The number of esters is 1. The van der Waals surface area contributed by atoms with Gasteiger partial charge in [0.25, 0.3) is 0 Å². The zero-order valence-corrected chi connectivity index (χ0v) is 8.62. The van der Waals surface area contributed by atoms with Crippen LogP contribution in [0.5, 0.6) is 0 Å². The fourth-order valence-corrected chi connectivity index (χ4v) is 1.25. The molecule has 0 aliphatic heterocycles. The van der Waals surface area contributed by atoms with Gasteiger partial charge in [-0.15, -0.1) is 0 Å². The molecule has 0 aliphatic rings. The molecule has 1 heterocycles. The number of carbonyl (C=O) groups excluding carboxylic acids is 1. The third-order valence-electron chi connectivity index (χ3n) is 1.82. The molecular weight excluding hydrogens is 180 g/mol. The maximum Gasteiger partial charge on any atom is 0.320 e. The fourth-order valence-electron chi connectivity index (χ4n) is 1.25. The number of likely N-dealkylation sites (N-methyl/N-ethyl adjacent to an activating group) is 1. The minimum Gasteiger partial charge on any atom is -0.465 e. The molecule has 4 nitrogen and oxygen atoms in total. The van der Waals surface area contributed by atoms with Crippen molar-refractivity contribution in [3.63, 3.8) is 0 Å². The molecule has 78 valence electrons. The van der Waals surface area contributed by atoms with Crippen LogP contribution in [-0.2, 0) is 16.1 Å². The summed E-state index contributed by atoms with van der Waals surface area (Å²) in [7, 11) is 1.89. The van der Waals surface area contributed by atoms with Gasteiger partial charge in [0.2, 0.25) is 0 Å². The van der Waals surface area contributed by atoms with E-state index in [1.54, 1.807) is 0 Å². The molecule has 0 amide bonds. The van der Waals surface area contributed by atoms with Crippen molar-refractivity contribution >= 4 is 5.97 Å². The summed E-state index contributed by atoms with van der Waals surface area (Å²) in [5.74, 6) is -0.175. The lowest BCUT2D eigenvalue weighted by atomic mass is 10.3. The maximum atomic E-state index is 11.1. The number of H-pyrrole nitrogens is 1. The fraction of sp³-hybridized carbons (Fsp3) is 0.500. The van der Waals surface area contributed by atoms with Gasteiger partial charge in [0.1, 0.15) is 0 Å². The van der Waals surface area contributed by atoms with Crippen LogP contribution in [0.3, 0.4) is 0 Å². The van der Waals surface area contributed by atoms with Crippen molar-refractivity contribution in [1.29, 1.82) is 0 Å². The van der Waals surface area contributed by atoms with Gasteiger partial charge in [-0.3, -0.25) is 9.69 Å². The van der Waals surface area contributed by atoms with E-state index in [0.717, 1.165) is 12.1 Å². The Morgan fingerprint density at radius 2 is 2.43 bits per heavy atom. The second-order valence-corrected chi connectivity index (χ2v) is 3.20. The van der Waals surface area contributed by atoms with E-state index < -0.39 is 0 Å². The Kier molecular flexibility index (Phi) is 4.19. The van der Waals surface area contributed by atoms with Crippen LogP contribution in [0.1, 0.15) is 12.5 Å². The van der Waals surface area contributed by atoms with Gasteiger partial charge in [0.05, 0.1) is 13.2 Å². The number of hydrogen-bond acceptors (Lipinski definition) is 3. The standard InChI is InChI=1S/C10H16N2O2/c1-3-14-10(13)8-12(2)7-9-4-5-11-6-9/h4-6,11H,3,7-8H2,1-2H3. The number of carbonyl (C=O) groups is 1. The minimum atomic E-state index is -0.175. The minimum absolute atomic E-state index is 0.175. The van der Waals surface area contributed by atoms with Crippen LogP contribution in [0.2, 0.25) is 0 Å². The number of nitrogens with one attached hydrogen (secondary N) is 1. The van der Waals surface area contributed by atoms with Crippen molar-refractivity contribution in [2.75, 3.05) is 20.2 Å². The number of hydrogen-bond donors (Lipinski definition) is 1. The van der Waals surface area contributed by atoms with E-state index in [9.17, 15) is 4.79 Å². The van der Waals surface area contributed by atoms with E-state index in [1.165, 1.54) is 0 Å². The lowest BCUT2D eigenvalue weighted by Crippen LogP contribution is -2.26. The molecule has 14 heavy (non-hydrogen) atoms. The average Bonchev–Trinajstić information content (AvgIpc) is 2.56. The molecule has 1 N–H and O–H groups in total. The molecule has 0 radical (unpaired) electrons. The number of aromatic amines is 1. The third-order valence-corrected chi connectivity index (χ3v) is 1.82. The highest BCUT2D eigenvalue weighted by molar-refractivity contribution is 5.71. The first kappa shape index (κ1) is 10.8. The first-order valence-electron chi connectivity index (χ1n) is 4.68. The molecule has 0 spiro atoms. The molecule has 4 heteroatoms. The molecule has 0 bridgehead atoms. The molecule has 0 saturated heterocycles. The van der Waals surface area contributed by atoms with E-state index in [2.05, 4.69) is 4.98 Å². The van der Waals surface area contributed by atoms with Crippen molar-refractivity contribution in [3.05, 3.63) is 24.0 Å². The van der Waals surface area contributed by atoms with E-state index in [0.29, 0.717) is 13.2 Å². The highest BCUT2D eigenvalue weighted by atomic mass is 16.5. The van der Waals surface area contributed by atoms with Gasteiger partial charge >= 0.3 is 5.97 Å². The number of rotatable bonds is 5. The van der Waals surface area contributed by atoms with Gasteiger partial charge in [-0.05, 0) is 25.6 Å². The van der Waals surface area contributed by atoms with E-state index >= 15 is 0 Å². The Morgan fingerprint density at radius 3 is 3.00 bits per heavy atom. The van der Waals surface area contributed by atoms with Gasteiger partial charge < -0.3 is 9.72 Å². The van der Waals surface area contributed by atoms with Gasteiger partial charge in [-0.2, -0.15) is 0 Å². The summed E-state index contributed by atoms with van der Waals surface area (Å²) in [6.45, 7) is 3.34. The average molecular weight is 196 g/mol. The van der Waals surface area contributed by atoms with Gasteiger partial charge in [-0.25, -0.2) is 0 Å². The zero-order valence-electron chi connectivity index (χ0n) is 8.62. The first-order valence-corrected chi connectivity index (χ1v) is 4.68. The molecule has 0 unspecified atom stereocenters. The van der Waals surface area contributed by atoms with Crippen molar-refractivity contribution in [2.24, 2.45) is 0 Å². The molecule has 0 aliphatic carbocycles. The SMILES string of the molecule is CCOC(=O)CN(C)Cc1cc[nH]c1. The van der Waals surface area contributed by atoms with Gasteiger partial charge in [0.15, 0.2) is 0 Å². The molecule has 0 atom stereocenters. The lowest BCUT2D eigenvalue weighted by Gasteiger charge is -2.14. The predicted octanol–water partition coefficient (Wildman–Crippen LogP) is 1.01. The summed E-state index contributed by atoms with van der Waals surface area (Å²) in [5.41, 5.74) is 1.16. The second kappa shape index (κ2) is 5.44. The Labute approximate surface area is 83.9 Å². The quantitative estimate of drug-likeness (QED) is 0.715. The van der Waals surface area contributed by atoms with E-state index in [1.807, 2.05) is 37.3 Å². The van der Waals surface area contributed by atoms with E-state index in [4.69, 9.17) is 4.74 Å². The Hall–Kier alpha value is -1.29.